The summed E-state index contributed by atoms with van der Waals surface area (Å²) in [6.45, 7) is 4.25. The van der Waals surface area contributed by atoms with Crippen LogP contribution in [-0.4, -0.2) is 27.5 Å². The first kappa shape index (κ1) is 16.6. The third kappa shape index (κ3) is 5.28. The lowest BCUT2D eigenvalue weighted by Crippen LogP contribution is -2.30. The van der Waals surface area contributed by atoms with Gasteiger partial charge in [-0.15, -0.1) is 0 Å². The Hall–Kier alpha value is -1.44. The van der Waals surface area contributed by atoms with Crippen LogP contribution in [0.25, 0.3) is 0 Å². The lowest BCUT2D eigenvalue weighted by atomic mass is 10.1. The maximum absolute atomic E-state index is 11.6. The highest BCUT2D eigenvalue weighted by Gasteiger charge is 2.13. The van der Waals surface area contributed by atoms with Crippen LogP contribution in [0.15, 0.2) is 29.2 Å². The maximum atomic E-state index is 11.6. The van der Waals surface area contributed by atoms with Crippen LogP contribution in [0.5, 0.6) is 0 Å². The first-order valence-corrected chi connectivity index (χ1v) is 7.89. The molecule has 0 bridgehead atoms. The van der Waals surface area contributed by atoms with Crippen LogP contribution in [0.3, 0.4) is 0 Å². The van der Waals surface area contributed by atoms with Gasteiger partial charge in [0.2, 0.25) is 15.9 Å². The fourth-order valence-corrected chi connectivity index (χ4v) is 2.21. The number of hydrogen-bond acceptors (Lipinski definition) is 4. The lowest BCUT2D eigenvalue weighted by molar-refractivity contribution is -0.126. The molecule has 6 nitrogen and oxygen atoms in total. The molecule has 112 valence electrons. The van der Waals surface area contributed by atoms with E-state index >= 15 is 0 Å². The van der Waals surface area contributed by atoms with Crippen molar-refractivity contribution in [3.8, 4) is 0 Å². The molecule has 0 heterocycles. The molecule has 0 aliphatic carbocycles. The molecule has 1 amide bonds. The van der Waals surface area contributed by atoms with E-state index in [4.69, 9.17) is 9.88 Å². The average molecular weight is 300 g/mol. The summed E-state index contributed by atoms with van der Waals surface area (Å²) in [7, 11) is -3.74. The van der Waals surface area contributed by atoms with Crippen molar-refractivity contribution in [2.75, 3.05) is 13.2 Å². The van der Waals surface area contributed by atoms with Gasteiger partial charge in [-0.05, 0) is 31.0 Å². The van der Waals surface area contributed by atoms with Crippen molar-refractivity contribution >= 4 is 15.9 Å². The molecule has 20 heavy (non-hydrogen) atoms. The SMILES string of the molecule is CCCOCC(=O)N[C@H](C)c1cccc(S(N)(=O)=O)c1. The number of primary sulfonamides is 1. The number of sulfonamides is 1. The molecule has 0 aliphatic rings. The molecule has 1 rings (SSSR count). The number of ether oxygens (including phenoxy) is 1. The van der Waals surface area contributed by atoms with E-state index < -0.39 is 10.0 Å². The summed E-state index contributed by atoms with van der Waals surface area (Å²) in [5.74, 6) is -0.244. The topological polar surface area (TPSA) is 98.5 Å². The molecular weight excluding hydrogens is 280 g/mol. The Balaban J connectivity index is 2.68. The average Bonchev–Trinajstić information content (AvgIpc) is 2.38. The first-order chi connectivity index (χ1) is 9.34. The Morgan fingerprint density at radius 1 is 1.45 bits per heavy atom. The van der Waals surface area contributed by atoms with Gasteiger partial charge >= 0.3 is 0 Å². The summed E-state index contributed by atoms with van der Waals surface area (Å²) in [5.41, 5.74) is 0.667. The molecular formula is C13H20N2O4S. The second-order valence-electron chi connectivity index (χ2n) is 4.46. The number of hydrogen-bond donors (Lipinski definition) is 2. The fourth-order valence-electron chi connectivity index (χ4n) is 1.64. The van der Waals surface area contributed by atoms with E-state index in [-0.39, 0.29) is 23.5 Å². The van der Waals surface area contributed by atoms with Crippen LogP contribution in [0.4, 0.5) is 0 Å². The van der Waals surface area contributed by atoms with Gasteiger partial charge in [-0.3, -0.25) is 4.79 Å². The second-order valence-corrected chi connectivity index (χ2v) is 6.02. The number of carbonyl (C=O) groups excluding carboxylic acids is 1. The van der Waals surface area contributed by atoms with Gasteiger partial charge in [0, 0.05) is 6.61 Å². The number of nitrogens with one attached hydrogen (secondary N) is 1. The quantitative estimate of drug-likeness (QED) is 0.732. The molecule has 1 atom stereocenters. The molecule has 0 unspecified atom stereocenters. The van der Waals surface area contributed by atoms with Gasteiger partial charge in [-0.25, -0.2) is 13.6 Å². The van der Waals surface area contributed by atoms with Crippen LogP contribution < -0.4 is 10.5 Å². The van der Waals surface area contributed by atoms with Gasteiger partial charge in [-0.2, -0.15) is 0 Å². The molecule has 0 aromatic heterocycles. The minimum atomic E-state index is -3.74. The van der Waals surface area contributed by atoms with Gasteiger partial charge in [0.25, 0.3) is 0 Å². The summed E-state index contributed by atoms with van der Waals surface area (Å²) >= 11 is 0. The third-order valence-corrected chi connectivity index (χ3v) is 3.56. The van der Waals surface area contributed by atoms with E-state index in [0.29, 0.717) is 12.2 Å². The van der Waals surface area contributed by atoms with Crippen LogP contribution >= 0.6 is 0 Å². The van der Waals surface area contributed by atoms with E-state index in [1.165, 1.54) is 12.1 Å². The van der Waals surface area contributed by atoms with Crippen molar-refractivity contribution in [1.29, 1.82) is 0 Å². The van der Waals surface area contributed by atoms with Crippen LogP contribution in [-0.2, 0) is 19.6 Å². The Morgan fingerprint density at radius 3 is 2.75 bits per heavy atom. The van der Waals surface area contributed by atoms with Crippen molar-refractivity contribution in [1.82, 2.24) is 5.32 Å². The predicted octanol–water partition coefficient (Wildman–Crippen LogP) is 0.938. The minimum absolute atomic E-state index is 0.00689. The molecule has 0 radical (unpaired) electrons. The molecule has 0 aliphatic heterocycles. The van der Waals surface area contributed by atoms with Crippen molar-refractivity contribution < 1.29 is 17.9 Å². The van der Waals surface area contributed by atoms with Crippen LogP contribution in [0.2, 0.25) is 0 Å². The number of benzene rings is 1. The van der Waals surface area contributed by atoms with Gasteiger partial charge in [0.15, 0.2) is 0 Å². The van der Waals surface area contributed by atoms with Crippen LogP contribution in [0, 0.1) is 0 Å². The zero-order valence-electron chi connectivity index (χ0n) is 11.6. The summed E-state index contributed by atoms with van der Waals surface area (Å²) in [6, 6.07) is 5.86. The predicted molar refractivity (Wildman–Crippen MR) is 75.5 cm³/mol. The van der Waals surface area contributed by atoms with Gasteiger partial charge in [0.1, 0.15) is 6.61 Å². The van der Waals surface area contributed by atoms with E-state index in [0.717, 1.165) is 6.42 Å². The highest BCUT2D eigenvalue weighted by molar-refractivity contribution is 7.89. The van der Waals surface area contributed by atoms with Crippen molar-refractivity contribution in [2.45, 2.75) is 31.2 Å². The fraction of sp³-hybridized carbons (Fsp3) is 0.462. The Bertz CT molecular complexity index is 557. The van der Waals surface area contributed by atoms with Gasteiger partial charge in [-0.1, -0.05) is 19.1 Å². The second kappa shape index (κ2) is 7.37. The van der Waals surface area contributed by atoms with E-state index in [1.807, 2.05) is 6.92 Å². The van der Waals surface area contributed by atoms with E-state index in [2.05, 4.69) is 5.32 Å². The molecule has 3 N–H and O–H groups in total. The normalized spacial score (nSPS) is 12.9. The first-order valence-electron chi connectivity index (χ1n) is 6.34. The largest absolute Gasteiger partial charge is 0.372 e. The van der Waals surface area contributed by atoms with Crippen molar-refractivity contribution in [3.63, 3.8) is 0 Å². The summed E-state index contributed by atoms with van der Waals surface area (Å²) in [6.07, 6.45) is 0.846. The standard InChI is InChI=1S/C13H20N2O4S/c1-3-7-19-9-13(16)15-10(2)11-5-4-6-12(8-11)20(14,17)18/h4-6,8,10H,3,7,9H2,1-2H3,(H,15,16)(H2,14,17,18)/t10-/m1/s1. The lowest BCUT2D eigenvalue weighted by Gasteiger charge is -2.15. The minimum Gasteiger partial charge on any atom is -0.372 e. The van der Waals surface area contributed by atoms with E-state index in [1.54, 1.807) is 19.1 Å². The molecule has 0 spiro atoms. The van der Waals surface area contributed by atoms with Crippen molar-refractivity contribution in [2.24, 2.45) is 5.14 Å². The molecule has 1 aromatic rings. The van der Waals surface area contributed by atoms with E-state index in [9.17, 15) is 13.2 Å². The summed E-state index contributed by atoms with van der Waals surface area (Å²) in [4.78, 5) is 11.6. The Labute approximate surface area is 119 Å². The molecule has 0 saturated carbocycles. The van der Waals surface area contributed by atoms with Gasteiger partial charge < -0.3 is 10.1 Å². The molecule has 7 heteroatoms. The highest BCUT2D eigenvalue weighted by atomic mass is 32.2. The Kier molecular flexibility index (Phi) is 6.12. The molecule has 1 aromatic carbocycles. The number of rotatable bonds is 7. The molecule has 0 fully saturated rings. The Morgan fingerprint density at radius 2 is 2.15 bits per heavy atom. The van der Waals surface area contributed by atoms with Crippen molar-refractivity contribution in [3.05, 3.63) is 29.8 Å². The number of nitrogens with two attached hydrogens (primary N) is 1. The summed E-state index contributed by atoms with van der Waals surface area (Å²) in [5, 5.41) is 7.81. The zero-order chi connectivity index (χ0) is 15.2. The zero-order valence-corrected chi connectivity index (χ0v) is 12.4. The number of amides is 1. The third-order valence-electron chi connectivity index (χ3n) is 2.65. The number of carbonyl (C=O) groups is 1. The smallest absolute Gasteiger partial charge is 0.246 e. The summed E-state index contributed by atoms with van der Waals surface area (Å²) < 4.78 is 27.7. The van der Waals surface area contributed by atoms with Crippen LogP contribution in [0.1, 0.15) is 31.9 Å². The highest BCUT2D eigenvalue weighted by Crippen LogP contribution is 2.16. The molecule has 0 saturated heterocycles. The maximum Gasteiger partial charge on any atom is 0.246 e. The van der Waals surface area contributed by atoms with Gasteiger partial charge in [0.05, 0.1) is 10.9 Å². The monoisotopic (exact) mass is 300 g/mol.